The van der Waals surface area contributed by atoms with Gasteiger partial charge in [0.05, 0.1) is 11.0 Å². The molecule has 110 valence electrons. The summed E-state index contributed by atoms with van der Waals surface area (Å²) in [6, 6.07) is 11.4. The van der Waals surface area contributed by atoms with E-state index in [1.54, 1.807) is 24.4 Å². The van der Waals surface area contributed by atoms with Crippen LogP contribution in [-0.4, -0.2) is 25.1 Å². The average molecular weight is 297 g/mol. The topological polar surface area (TPSA) is 107 Å². The van der Waals surface area contributed by atoms with Crippen molar-refractivity contribution in [3.8, 4) is 17.3 Å². The largest absolute Gasteiger partial charge is 0.485 e. The molecule has 0 fully saturated rings. The molecule has 0 bridgehead atoms. The van der Waals surface area contributed by atoms with Gasteiger partial charge in [-0.3, -0.25) is 20.2 Å². The Morgan fingerprint density at radius 3 is 2.91 bits per heavy atom. The van der Waals surface area contributed by atoms with Crippen LogP contribution in [0.4, 0.5) is 5.69 Å². The Bertz CT molecular complexity index is 788. The van der Waals surface area contributed by atoms with E-state index in [0.29, 0.717) is 23.1 Å². The Labute approximate surface area is 125 Å². The summed E-state index contributed by atoms with van der Waals surface area (Å²) in [7, 11) is 0. The van der Waals surface area contributed by atoms with Crippen molar-refractivity contribution in [1.82, 2.24) is 20.2 Å². The first kappa shape index (κ1) is 13.7. The van der Waals surface area contributed by atoms with Gasteiger partial charge in [0, 0.05) is 12.3 Å². The minimum Gasteiger partial charge on any atom is -0.485 e. The molecule has 2 heterocycles. The number of hydrogen-bond acceptors (Lipinski definition) is 6. The number of rotatable bonds is 5. The van der Waals surface area contributed by atoms with Crippen molar-refractivity contribution in [2.75, 3.05) is 0 Å². The number of nitro groups is 1. The van der Waals surface area contributed by atoms with Crippen molar-refractivity contribution in [3.05, 3.63) is 64.6 Å². The van der Waals surface area contributed by atoms with Gasteiger partial charge in [-0.25, -0.2) is 4.98 Å². The number of aromatic amines is 1. The summed E-state index contributed by atoms with van der Waals surface area (Å²) in [4.78, 5) is 18.6. The highest BCUT2D eigenvalue weighted by molar-refractivity contribution is 5.47. The molecule has 0 spiro atoms. The van der Waals surface area contributed by atoms with Crippen molar-refractivity contribution in [2.45, 2.75) is 6.61 Å². The molecule has 22 heavy (non-hydrogen) atoms. The van der Waals surface area contributed by atoms with Gasteiger partial charge in [0.25, 0.3) is 5.69 Å². The second-order valence-corrected chi connectivity index (χ2v) is 4.36. The standard InChI is InChI=1S/C14H11N5O3/c20-19(21)10-4-3-5-11(8-10)22-9-13-16-14(18-17-13)12-6-1-2-7-15-12/h1-8H,9H2,(H,16,17,18). The number of benzene rings is 1. The van der Waals surface area contributed by atoms with Crippen molar-refractivity contribution < 1.29 is 9.66 Å². The Balaban J connectivity index is 1.69. The predicted molar refractivity (Wildman–Crippen MR) is 77.0 cm³/mol. The normalized spacial score (nSPS) is 10.4. The molecule has 2 aromatic heterocycles. The number of nitro benzene ring substituents is 1. The first-order valence-electron chi connectivity index (χ1n) is 6.42. The molecule has 1 N–H and O–H groups in total. The third-order valence-electron chi connectivity index (χ3n) is 2.83. The third kappa shape index (κ3) is 3.06. The maximum atomic E-state index is 10.7. The molecule has 0 aliphatic heterocycles. The third-order valence-corrected chi connectivity index (χ3v) is 2.83. The van der Waals surface area contributed by atoms with Gasteiger partial charge in [-0.2, -0.15) is 5.10 Å². The van der Waals surface area contributed by atoms with Crippen LogP contribution >= 0.6 is 0 Å². The summed E-state index contributed by atoms with van der Waals surface area (Å²) in [5, 5.41) is 17.5. The minimum atomic E-state index is -0.472. The summed E-state index contributed by atoms with van der Waals surface area (Å²) in [6.07, 6.45) is 1.66. The van der Waals surface area contributed by atoms with E-state index in [4.69, 9.17) is 4.74 Å². The zero-order chi connectivity index (χ0) is 15.4. The van der Waals surface area contributed by atoms with Crippen LogP contribution in [0.2, 0.25) is 0 Å². The molecule has 0 unspecified atom stereocenters. The smallest absolute Gasteiger partial charge is 0.273 e. The summed E-state index contributed by atoms with van der Waals surface area (Å²) in [5.41, 5.74) is 0.629. The number of H-pyrrole nitrogens is 1. The molecular weight excluding hydrogens is 286 g/mol. The molecule has 1 aromatic carbocycles. The highest BCUT2D eigenvalue weighted by Gasteiger charge is 2.09. The molecule has 8 nitrogen and oxygen atoms in total. The van der Waals surface area contributed by atoms with Gasteiger partial charge in [-0.1, -0.05) is 12.1 Å². The van der Waals surface area contributed by atoms with Crippen LogP contribution in [0.3, 0.4) is 0 Å². The van der Waals surface area contributed by atoms with Gasteiger partial charge in [0.1, 0.15) is 18.1 Å². The maximum absolute atomic E-state index is 10.7. The van der Waals surface area contributed by atoms with Crippen LogP contribution in [0.1, 0.15) is 5.82 Å². The number of non-ortho nitro benzene ring substituents is 1. The molecule has 0 radical (unpaired) electrons. The van der Waals surface area contributed by atoms with Gasteiger partial charge < -0.3 is 4.74 Å². The lowest BCUT2D eigenvalue weighted by atomic mass is 10.3. The van der Waals surface area contributed by atoms with E-state index in [9.17, 15) is 10.1 Å². The quantitative estimate of drug-likeness (QED) is 0.572. The first-order chi connectivity index (χ1) is 10.7. The average Bonchev–Trinajstić information content (AvgIpc) is 3.03. The second kappa shape index (κ2) is 6.00. The molecular formula is C14H11N5O3. The summed E-state index contributed by atoms with van der Waals surface area (Å²) >= 11 is 0. The van der Waals surface area contributed by atoms with E-state index in [2.05, 4.69) is 20.2 Å². The lowest BCUT2D eigenvalue weighted by molar-refractivity contribution is -0.384. The zero-order valence-electron chi connectivity index (χ0n) is 11.3. The van der Waals surface area contributed by atoms with Crippen molar-refractivity contribution >= 4 is 5.69 Å². The predicted octanol–water partition coefficient (Wildman–Crippen LogP) is 2.35. The van der Waals surface area contributed by atoms with Crippen LogP contribution in [0, 0.1) is 10.1 Å². The highest BCUT2D eigenvalue weighted by atomic mass is 16.6. The van der Waals surface area contributed by atoms with E-state index in [1.165, 1.54) is 12.1 Å². The number of aromatic nitrogens is 4. The summed E-state index contributed by atoms with van der Waals surface area (Å²) in [5.74, 6) is 1.37. The van der Waals surface area contributed by atoms with Crippen LogP contribution < -0.4 is 4.74 Å². The zero-order valence-corrected chi connectivity index (χ0v) is 11.3. The Morgan fingerprint density at radius 1 is 1.23 bits per heavy atom. The summed E-state index contributed by atoms with van der Waals surface area (Å²) < 4.78 is 5.47. The molecule has 0 aliphatic carbocycles. The molecule has 0 saturated heterocycles. The van der Waals surface area contributed by atoms with E-state index in [1.807, 2.05) is 12.1 Å². The van der Waals surface area contributed by atoms with Gasteiger partial charge in [0.15, 0.2) is 11.6 Å². The lowest BCUT2D eigenvalue weighted by Gasteiger charge is -2.03. The highest BCUT2D eigenvalue weighted by Crippen LogP contribution is 2.20. The lowest BCUT2D eigenvalue weighted by Crippen LogP contribution is -1.98. The monoisotopic (exact) mass is 297 g/mol. The van der Waals surface area contributed by atoms with Crippen LogP contribution in [0.5, 0.6) is 5.75 Å². The number of nitrogens with zero attached hydrogens (tertiary/aromatic N) is 4. The molecule has 3 aromatic rings. The number of nitrogens with one attached hydrogen (secondary N) is 1. The van der Waals surface area contributed by atoms with Gasteiger partial charge in [-0.05, 0) is 18.2 Å². The van der Waals surface area contributed by atoms with E-state index in [0.717, 1.165) is 0 Å². The SMILES string of the molecule is O=[N+]([O-])c1cccc(OCc2nc(-c3ccccn3)n[nH]2)c1. The Morgan fingerprint density at radius 2 is 2.14 bits per heavy atom. The first-order valence-corrected chi connectivity index (χ1v) is 6.42. The Kier molecular flexibility index (Phi) is 3.73. The van der Waals surface area contributed by atoms with E-state index < -0.39 is 4.92 Å². The molecule has 0 atom stereocenters. The molecule has 3 rings (SSSR count). The maximum Gasteiger partial charge on any atom is 0.273 e. The molecule has 0 saturated carbocycles. The molecule has 8 heteroatoms. The van der Waals surface area contributed by atoms with Crippen LogP contribution in [-0.2, 0) is 6.61 Å². The van der Waals surface area contributed by atoms with Crippen molar-refractivity contribution in [1.29, 1.82) is 0 Å². The number of ether oxygens (including phenoxy) is 1. The number of hydrogen-bond donors (Lipinski definition) is 1. The number of pyridine rings is 1. The Hall–Kier alpha value is -3.29. The fraction of sp³-hybridized carbons (Fsp3) is 0.0714. The van der Waals surface area contributed by atoms with Crippen molar-refractivity contribution in [2.24, 2.45) is 0 Å². The van der Waals surface area contributed by atoms with Crippen molar-refractivity contribution in [3.63, 3.8) is 0 Å². The van der Waals surface area contributed by atoms with Crippen LogP contribution in [0.25, 0.3) is 11.5 Å². The molecule has 0 aliphatic rings. The van der Waals surface area contributed by atoms with Gasteiger partial charge >= 0.3 is 0 Å². The minimum absolute atomic E-state index is 0.0238. The fourth-order valence-electron chi connectivity index (χ4n) is 1.81. The van der Waals surface area contributed by atoms with Gasteiger partial charge in [-0.15, -0.1) is 0 Å². The molecule has 0 amide bonds. The summed E-state index contributed by atoms with van der Waals surface area (Å²) in [6.45, 7) is 0.126. The van der Waals surface area contributed by atoms with E-state index in [-0.39, 0.29) is 12.3 Å². The second-order valence-electron chi connectivity index (χ2n) is 4.36. The van der Waals surface area contributed by atoms with E-state index >= 15 is 0 Å². The van der Waals surface area contributed by atoms with Crippen LogP contribution in [0.15, 0.2) is 48.7 Å². The van der Waals surface area contributed by atoms with Gasteiger partial charge in [0.2, 0.25) is 0 Å². The fourth-order valence-corrected chi connectivity index (χ4v) is 1.81.